The Morgan fingerprint density at radius 1 is 0.920 bits per heavy atom. The summed E-state index contributed by atoms with van der Waals surface area (Å²) < 4.78 is 0. The summed E-state index contributed by atoms with van der Waals surface area (Å²) in [5.74, 6) is -0.709. The molecule has 0 aliphatic carbocycles. The minimum absolute atomic E-state index is 0.154. The number of carboxylic acid groups (broad SMARTS) is 1. The number of aliphatic hydroxyl groups is 1. The molecule has 0 saturated carbocycles. The lowest BCUT2D eigenvalue weighted by Gasteiger charge is -2.24. The minimum atomic E-state index is -0.709. The van der Waals surface area contributed by atoms with E-state index in [4.69, 9.17) is 10.8 Å². The maximum absolute atomic E-state index is 10.5. The molecule has 150 valence electrons. The van der Waals surface area contributed by atoms with Crippen molar-refractivity contribution in [2.75, 3.05) is 13.1 Å². The second kappa shape index (κ2) is 18.2. The number of rotatable bonds is 19. The Kier molecular flexibility index (Phi) is 17.7. The van der Waals surface area contributed by atoms with E-state index in [1.807, 2.05) is 0 Å². The van der Waals surface area contributed by atoms with Gasteiger partial charge in [-0.05, 0) is 19.3 Å². The van der Waals surface area contributed by atoms with Crippen molar-refractivity contribution in [1.29, 1.82) is 0 Å². The van der Waals surface area contributed by atoms with Crippen LogP contribution in [-0.4, -0.2) is 41.4 Å². The third kappa shape index (κ3) is 16.6. The summed E-state index contributed by atoms with van der Waals surface area (Å²) >= 11 is 0. The molecule has 0 amide bonds. The highest BCUT2D eigenvalue weighted by Crippen LogP contribution is 2.15. The van der Waals surface area contributed by atoms with Crippen LogP contribution in [0.4, 0.5) is 0 Å². The number of unbranched alkanes of at least 4 members (excludes halogenated alkanes) is 9. The Hall–Kier alpha value is -0.650. The van der Waals surface area contributed by atoms with Gasteiger partial charge in [-0.2, -0.15) is 0 Å². The van der Waals surface area contributed by atoms with Gasteiger partial charge < -0.3 is 21.3 Å². The van der Waals surface area contributed by atoms with Gasteiger partial charge in [0.2, 0.25) is 0 Å². The standard InChI is InChI=1S/C20H42N2O3/c1-2-3-4-5-7-10-13-18(22-17-16-21)19(23)14-11-8-6-9-12-15-20(24)25/h18-19,22-23H,2-17,21H2,1H3,(H,24,25). The predicted octanol–water partition coefficient (Wildman–Crippen LogP) is 3.83. The van der Waals surface area contributed by atoms with E-state index in [1.54, 1.807) is 0 Å². The number of carbonyl (C=O) groups is 1. The fraction of sp³-hybridized carbons (Fsp3) is 0.950. The van der Waals surface area contributed by atoms with Crippen LogP contribution in [0.3, 0.4) is 0 Å². The van der Waals surface area contributed by atoms with Crippen molar-refractivity contribution in [2.24, 2.45) is 5.73 Å². The topological polar surface area (TPSA) is 95.6 Å². The normalized spacial score (nSPS) is 13.7. The van der Waals surface area contributed by atoms with Gasteiger partial charge in [0.05, 0.1) is 6.10 Å². The molecule has 2 unspecified atom stereocenters. The van der Waals surface area contributed by atoms with Crippen molar-refractivity contribution in [3.05, 3.63) is 0 Å². The Labute approximate surface area is 154 Å². The minimum Gasteiger partial charge on any atom is -0.481 e. The van der Waals surface area contributed by atoms with Gasteiger partial charge in [-0.1, -0.05) is 71.1 Å². The zero-order valence-electron chi connectivity index (χ0n) is 16.3. The van der Waals surface area contributed by atoms with Gasteiger partial charge in [-0.25, -0.2) is 0 Å². The summed E-state index contributed by atoms with van der Waals surface area (Å²) in [6.45, 7) is 3.59. The predicted molar refractivity (Wildman–Crippen MR) is 105 cm³/mol. The molecule has 0 heterocycles. The highest BCUT2D eigenvalue weighted by atomic mass is 16.4. The molecule has 0 bridgehead atoms. The zero-order valence-corrected chi connectivity index (χ0v) is 16.3. The van der Waals surface area contributed by atoms with Crippen molar-refractivity contribution in [3.63, 3.8) is 0 Å². The summed E-state index contributed by atoms with van der Waals surface area (Å²) in [5.41, 5.74) is 5.59. The molecular formula is C20H42N2O3. The van der Waals surface area contributed by atoms with Gasteiger partial charge in [0, 0.05) is 25.6 Å². The Morgan fingerprint density at radius 3 is 2.08 bits per heavy atom. The Balaban J connectivity index is 3.81. The largest absolute Gasteiger partial charge is 0.481 e. The molecule has 0 aromatic rings. The quantitative estimate of drug-likeness (QED) is 0.263. The van der Waals surface area contributed by atoms with Crippen molar-refractivity contribution in [1.82, 2.24) is 5.32 Å². The van der Waals surface area contributed by atoms with E-state index in [0.29, 0.717) is 6.54 Å². The second-order valence-electron chi connectivity index (χ2n) is 7.17. The number of hydrogen-bond acceptors (Lipinski definition) is 4. The van der Waals surface area contributed by atoms with Crippen LogP contribution in [-0.2, 0) is 4.79 Å². The van der Waals surface area contributed by atoms with Crippen molar-refractivity contribution < 1.29 is 15.0 Å². The van der Waals surface area contributed by atoms with Gasteiger partial charge in [0.25, 0.3) is 0 Å². The molecule has 0 saturated heterocycles. The number of nitrogens with one attached hydrogen (secondary N) is 1. The van der Waals surface area contributed by atoms with Gasteiger partial charge in [-0.3, -0.25) is 4.79 Å². The summed E-state index contributed by atoms with van der Waals surface area (Å²) in [6, 6.07) is 0.154. The molecule has 0 aliphatic heterocycles. The van der Waals surface area contributed by atoms with Crippen LogP contribution < -0.4 is 11.1 Å². The van der Waals surface area contributed by atoms with Gasteiger partial charge in [0.1, 0.15) is 0 Å². The Morgan fingerprint density at radius 2 is 1.48 bits per heavy atom. The highest BCUT2D eigenvalue weighted by Gasteiger charge is 2.17. The van der Waals surface area contributed by atoms with Crippen LogP contribution in [0.15, 0.2) is 0 Å². The second-order valence-corrected chi connectivity index (χ2v) is 7.17. The van der Waals surface area contributed by atoms with Crippen LogP contribution >= 0.6 is 0 Å². The van der Waals surface area contributed by atoms with E-state index < -0.39 is 5.97 Å². The SMILES string of the molecule is CCCCCCCCC(NCCN)C(O)CCCCCCCC(=O)O. The van der Waals surface area contributed by atoms with Crippen LogP contribution in [0.2, 0.25) is 0 Å². The fourth-order valence-corrected chi connectivity index (χ4v) is 3.21. The maximum atomic E-state index is 10.5. The first-order chi connectivity index (χ1) is 12.1. The fourth-order valence-electron chi connectivity index (χ4n) is 3.21. The van der Waals surface area contributed by atoms with E-state index in [-0.39, 0.29) is 18.6 Å². The van der Waals surface area contributed by atoms with Crippen molar-refractivity contribution >= 4 is 5.97 Å². The monoisotopic (exact) mass is 358 g/mol. The lowest BCUT2D eigenvalue weighted by atomic mass is 9.97. The van der Waals surface area contributed by atoms with Crippen LogP contribution in [0, 0.1) is 0 Å². The molecular weight excluding hydrogens is 316 g/mol. The van der Waals surface area contributed by atoms with E-state index >= 15 is 0 Å². The molecule has 0 rings (SSSR count). The molecule has 5 N–H and O–H groups in total. The zero-order chi connectivity index (χ0) is 18.8. The summed E-state index contributed by atoms with van der Waals surface area (Å²) in [6.07, 6.45) is 14.3. The lowest BCUT2D eigenvalue weighted by Crippen LogP contribution is -2.42. The molecule has 0 aromatic carbocycles. The van der Waals surface area contributed by atoms with Gasteiger partial charge >= 0.3 is 5.97 Å². The third-order valence-corrected chi connectivity index (χ3v) is 4.77. The number of aliphatic carboxylic acids is 1. The molecule has 2 atom stereocenters. The molecule has 0 radical (unpaired) electrons. The van der Waals surface area contributed by atoms with Gasteiger partial charge in [0.15, 0.2) is 0 Å². The smallest absolute Gasteiger partial charge is 0.303 e. The lowest BCUT2D eigenvalue weighted by molar-refractivity contribution is -0.137. The van der Waals surface area contributed by atoms with E-state index in [9.17, 15) is 9.90 Å². The third-order valence-electron chi connectivity index (χ3n) is 4.77. The first-order valence-corrected chi connectivity index (χ1v) is 10.4. The number of carboxylic acids is 1. The van der Waals surface area contributed by atoms with Gasteiger partial charge in [-0.15, -0.1) is 0 Å². The average Bonchev–Trinajstić information content (AvgIpc) is 2.59. The summed E-state index contributed by atoms with van der Waals surface area (Å²) in [7, 11) is 0. The maximum Gasteiger partial charge on any atom is 0.303 e. The van der Waals surface area contributed by atoms with Crippen molar-refractivity contribution in [3.8, 4) is 0 Å². The molecule has 5 nitrogen and oxygen atoms in total. The Bertz CT molecular complexity index is 301. The van der Waals surface area contributed by atoms with E-state index in [1.165, 1.54) is 32.1 Å². The molecule has 0 fully saturated rings. The molecule has 0 spiro atoms. The molecule has 25 heavy (non-hydrogen) atoms. The molecule has 0 aliphatic rings. The number of hydrogen-bond donors (Lipinski definition) is 4. The molecule has 5 heteroatoms. The van der Waals surface area contributed by atoms with Crippen LogP contribution in [0.25, 0.3) is 0 Å². The van der Waals surface area contributed by atoms with E-state index in [2.05, 4.69) is 12.2 Å². The van der Waals surface area contributed by atoms with Crippen molar-refractivity contribution in [2.45, 2.75) is 109 Å². The summed E-state index contributed by atoms with van der Waals surface area (Å²) in [5, 5.41) is 22.5. The van der Waals surface area contributed by atoms with E-state index in [0.717, 1.165) is 57.9 Å². The summed E-state index contributed by atoms with van der Waals surface area (Å²) in [4.78, 5) is 10.4. The first-order valence-electron chi connectivity index (χ1n) is 10.4. The highest BCUT2D eigenvalue weighted by molar-refractivity contribution is 5.66. The molecule has 0 aromatic heterocycles. The van der Waals surface area contributed by atoms with Crippen LogP contribution in [0.5, 0.6) is 0 Å². The average molecular weight is 359 g/mol. The first kappa shape index (κ1) is 24.4. The van der Waals surface area contributed by atoms with Crippen LogP contribution in [0.1, 0.15) is 96.8 Å². The number of aliphatic hydroxyl groups excluding tert-OH is 1. The number of nitrogens with two attached hydrogens (primary N) is 1.